The fourth-order valence-corrected chi connectivity index (χ4v) is 5.60. The van der Waals surface area contributed by atoms with Crippen molar-refractivity contribution in [3.63, 3.8) is 0 Å². The van der Waals surface area contributed by atoms with Crippen LogP contribution in [0.5, 0.6) is 0 Å². The summed E-state index contributed by atoms with van der Waals surface area (Å²) in [5.74, 6) is -1.41. The van der Waals surface area contributed by atoms with Crippen LogP contribution in [0.2, 0.25) is 10.0 Å². The Balaban J connectivity index is 1.40. The van der Waals surface area contributed by atoms with Gasteiger partial charge in [0, 0.05) is 29.3 Å². The van der Waals surface area contributed by atoms with Gasteiger partial charge in [-0.2, -0.15) is 0 Å². The van der Waals surface area contributed by atoms with Gasteiger partial charge in [0.2, 0.25) is 0 Å². The van der Waals surface area contributed by atoms with Gasteiger partial charge in [0.25, 0.3) is 11.8 Å². The van der Waals surface area contributed by atoms with Gasteiger partial charge in [-0.05, 0) is 67.6 Å². The molecule has 1 aliphatic carbocycles. The third-order valence-electron chi connectivity index (χ3n) is 7.03. The summed E-state index contributed by atoms with van der Waals surface area (Å²) in [6, 6.07) is 17.6. The van der Waals surface area contributed by atoms with Gasteiger partial charge in [-0.15, -0.1) is 0 Å². The van der Waals surface area contributed by atoms with Crippen LogP contribution in [0.3, 0.4) is 0 Å². The molecule has 0 fully saturated rings. The summed E-state index contributed by atoms with van der Waals surface area (Å²) in [6.07, 6.45) is 2.99. The molecule has 1 unspecified atom stereocenters. The van der Waals surface area contributed by atoms with E-state index in [2.05, 4.69) is 5.32 Å². The van der Waals surface area contributed by atoms with Crippen molar-refractivity contribution in [3.05, 3.63) is 105 Å². The number of benzene rings is 3. The zero-order chi connectivity index (χ0) is 26.3. The monoisotopic (exact) mass is 534 g/mol. The summed E-state index contributed by atoms with van der Waals surface area (Å²) >= 11 is 12.7. The molecule has 0 saturated heterocycles. The Morgan fingerprint density at radius 1 is 1.00 bits per heavy atom. The molecule has 2 N–H and O–H groups in total. The largest absolute Gasteiger partial charge is 0.478 e. The molecule has 0 spiro atoms. The molecular weight excluding hydrogens is 511 g/mol. The molecule has 3 aromatic carbocycles. The summed E-state index contributed by atoms with van der Waals surface area (Å²) in [5.41, 5.74) is 4.15. The maximum absolute atomic E-state index is 13.6. The molecule has 37 heavy (non-hydrogen) atoms. The minimum atomic E-state index is -0.884. The fraction of sp³-hybridized carbons (Fsp3) is 0.207. The minimum Gasteiger partial charge on any atom is -0.478 e. The maximum atomic E-state index is 13.6. The van der Waals surface area contributed by atoms with E-state index in [0.29, 0.717) is 46.8 Å². The van der Waals surface area contributed by atoms with E-state index in [4.69, 9.17) is 23.2 Å². The molecular formula is C29H24Cl2N2O4. The van der Waals surface area contributed by atoms with E-state index in [1.54, 1.807) is 35.2 Å². The molecule has 0 saturated carbocycles. The van der Waals surface area contributed by atoms with Crippen molar-refractivity contribution in [2.75, 3.05) is 16.8 Å². The first-order valence-electron chi connectivity index (χ1n) is 11.9. The molecule has 8 heteroatoms. The van der Waals surface area contributed by atoms with Gasteiger partial charge in [0.1, 0.15) is 0 Å². The lowest BCUT2D eigenvalue weighted by Crippen LogP contribution is -2.32. The number of hydrogen-bond acceptors (Lipinski definition) is 3. The highest BCUT2D eigenvalue weighted by atomic mass is 35.5. The Morgan fingerprint density at radius 2 is 1.78 bits per heavy atom. The van der Waals surface area contributed by atoms with Crippen LogP contribution in [0.25, 0.3) is 0 Å². The van der Waals surface area contributed by atoms with Crippen molar-refractivity contribution in [2.45, 2.75) is 25.7 Å². The molecule has 5 rings (SSSR count). The van der Waals surface area contributed by atoms with Gasteiger partial charge >= 0.3 is 5.97 Å². The highest BCUT2D eigenvalue weighted by molar-refractivity contribution is 6.36. The lowest BCUT2D eigenvalue weighted by Gasteiger charge is -2.24. The van der Waals surface area contributed by atoms with Gasteiger partial charge in [-0.1, -0.05) is 59.1 Å². The number of nitrogens with zero attached hydrogens (tertiary/aromatic N) is 1. The van der Waals surface area contributed by atoms with Crippen molar-refractivity contribution >= 4 is 52.4 Å². The molecule has 2 amide bonds. The van der Waals surface area contributed by atoms with Crippen molar-refractivity contribution in [2.24, 2.45) is 5.92 Å². The van der Waals surface area contributed by atoms with Crippen LogP contribution in [-0.4, -0.2) is 29.4 Å². The van der Waals surface area contributed by atoms with E-state index < -0.39 is 11.9 Å². The van der Waals surface area contributed by atoms with Gasteiger partial charge in [-0.25, -0.2) is 4.79 Å². The predicted octanol–water partition coefficient (Wildman–Crippen LogP) is 6.72. The van der Waals surface area contributed by atoms with E-state index in [0.717, 1.165) is 16.8 Å². The number of allylic oxidation sites excluding steroid dienone is 1. The maximum Gasteiger partial charge on any atom is 0.331 e. The number of carboxylic acid groups (broad SMARTS) is 1. The van der Waals surface area contributed by atoms with Crippen LogP contribution in [0.4, 0.5) is 11.4 Å². The van der Waals surface area contributed by atoms with E-state index in [9.17, 15) is 19.5 Å². The predicted molar refractivity (Wildman–Crippen MR) is 145 cm³/mol. The molecule has 2 atom stereocenters. The van der Waals surface area contributed by atoms with E-state index in [-0.39, 0.29) is 22.8 Å². The van der Waals surface area contributed by atoms with Crippen LogP contribution in [0.1, 0.15) is 50.6 Å². The topological polar surface area (TPSA) is 86.7 Å². The summed E-state index contributed by atoms with van der Waals surface area (Å²) in [5, 5.41) is 12.8. The zero-order valence-electron chi connectivity index (χ0n) is 20.0. The molecule has 3 aromatic rings. The van der Waals surface area contributed by atoms with Crippen molar-refractivity contribution in [1.29, 1.82) is 0 Å². The molecule has 1 heterocycles. The second-order valence-corrected chi connectivity index (χ2v) is 10.2. The summed E-state index contributed by atoms with van der Waals surface area (Å²) < 4.78 is 0. The number of carboxylic acids is 1. The van der Waals surface area contributed by atoms with Crippen LogP contribution < -0.4 is 10.2 Å². The van der Waals surface area contributed by atoms with Crippen LogP contribution in [-0.2, 0) is 4.79 Å². The van der Waals surface area contributed by atoms with Crippen LogP contribution in [0, 0.1) is 12.8 Å². The van der Waals surface area contributed by atoms with Crippen LogP contribution in [0.15, 0.2) is 72.3 Å². The Labute approximate surface area is 224 Å². The minimum absolute atomic E-state index is 0.0466. The Morgan fingerprint density at radius 3 is 2.54 bits per heavy atom. The number of aryl methyl sites for hydroxylation is 1. The number of halogens is 2. The molecule has 0 aromatic heterocycles. The summed E-state index contributed by atoms with van der Waals surface area (Å²) in [7, 11) is 0. The molecule has 0 radical (unpaired) electrons. The normalized spacial score (nSPS) is 18.4. The molecule has 188 valence electrons. The number of fused-ring (bicyclic) bond motifs is 3. The quantitative estimate of drug-likeness (QED) is 0.389. The molecule has 2 aliphatic rings. The highest BCUT2D eigenvalue weighted by Gasteiger charge is 2.37. The van der Waals surface area contributed by atoms with E-state index in [1.807, 2.05) is 43.3 Å². The van der Waals surface area contributed by atoms with Gasteiger partial charge < -0.3 is 15.3 Å². The lowest BCUT2D eigenvalue weighted by molar-refractivity contribution is -0.132. The van der Waals surface area contributed by atoms with Gasteiger partial charge in [-0.3, -0.25) is 9.59 Å². The summed E-state index contributed by atoms with van der Waals surface area (Å²) in [6.45, 7) is 2.33. The highest BCUT2D eigenvalue weighted by Crippen LogP contribution is 2.46. The molecule has 6 nitrogen and oxygen atoms in total. The first kappa shape index (κ1) is 25.1. The number of para-hydroxylation sites is 1. The summed E-state index contributed by atoms with van der Waals surface area (Å²) in [4.78, 5) is 39.7. The first-order valence-corrected chi connectivity index (χ1v) is 12.7. The average molecular weight is 535 g/mol. The number of aliphatic carboxylic acids is 1. The SMILES string of the molecule is Cc1ccc(Cl)c(C(=O)Nc2ccc(C(=O)N3CCC4CC(C(=O)O)=C[C@@H]4c4ccccc43)cc2Cl)c1. The number of anilines is 2. The number of carbonyl (C=O) groups excluding carboxylic acids is 2. The number of carbonyl (C=O) groups is 3. The van der Waals surface area contributed by atoms with Gasteiger partial charge in [0.15, 0.2) is 0 Å². The fourth-order valence-electron chi connectivity index (χ4n) is 5.16. The van der Waals surface area contributed by atoms with E-state index >= 15 is 0 Å². The Kier molecular flexibility index (Phi) is 6.80. The Bertz CT molecular complexity index is 1470. The first-order chi connectivity index (χ1) is 17.7. The number of amides is 2. The van der Waals surface area contributed by atoms with E-state index in [1.165, 1.54) is 0 Å². The van der Waals surface area contributed by atoms with Crippen molar-refractivity contribution in [1.82, 2.24) is 0 Å². The zero-order valence-corrected chi connectivity index (χ0v) is 21.5. The number of hydrogen-bond donors (Lipinski definition) is 2. The molecule has 0 bridgehead atoms. The third kappa shape index (κ3) is 4.87. The van der Waals surface area contributed by atoms with Crippen LogP contribution >= 0.6 is 23.2 Å². The lowest BCUT2D eigenvalue weighted by atomic mass is 9.87. The van der Waals surface area contributed by atoms with Crippen molar-refractivity contribution in [3.8, 4) is 0 Å². The molecule has 1 aliphatic heterocycles. The second kappa shape index (κ2) is 10.0. The van der Waals surface area contributed by atoms with Crippen molar-refractivity contribution < 1.29 is 19.5 Å². The number of nitrogens with one attached hydrogen (secondary N) is 1. The standard InChI is InChI=1S/C29H24Cl2N2O4/c1-16-6-8-23(30)22(12-16)27(34)32-25-9-7-18(15-24(25)31)28(35)33-11-10-17-13-19(29(36)37)14-21(17)20-4-2-3-5-26(20)33/h2-9,12,14-15,17,21H,10-11,13H2,1H3,(H,32,34)(H,36,37)/t17?,21-/m0/s1. The van der Waals surface area contributed by atoms with Gasteiger partial charge in [0.05, 0.1) is 21.3 Å². The third-order valence-corrected chi connectivity index (χ3v) is 7.67. The Hall–Kier alpha value is -3.61. The smallest absolute Gasteiger partial charge is 0.331 e. The second-order valence-electron chi connectivity index (χ2n) is 9.42. The number of rotatable bonds is 4. The average Bonchev–Trinajstić information content (AvgIpc) is 3.25.